The molecule has 4 heteroatoms. The molecule has 100 valence electrons. The Bertz CT molecular complexity index is 242. The van der Waals surface area contributed by atoms with E-state index in [1.54, 1.807) is 0 Å². The van der Waals surface area contributed by atoms with E-state index >= 15 is 0 Å². The Balaban J connectivity index is 2.22. The summed E-state index contributed by atoms with van der Waals surface area (Å²) < 4.78 is 5.49. The van der Waals surface area contributed by atoms with E-state index in [-0.39, 0.29) is 12.1 Å². The largest absolute Gasteiger partial charge is 0.379 e. The lowest BCUT2D eigenvalue weighted by molar-refractivity contribution is -0.128. The zero-order chi connectivity index (χ0) is 12.8. The minimum Gasteiger partial charge on any atom is -0.379 e. The van der Waals surface area contributed by atoms with Crippen molar-refractivity contribution in [2.75, 3.05) is 19.7 Å². The summed E-state index contributed by atoms with van der Waals surface area (Å²) in [6.45, 7) is 10.5. The zero-order valence-electron chi connectivity index (χ0n) is 11.5. The van der Waals surface area contributed by atoms with E-state index in [0.29, 0.717) is 18.6 Å². The monoisotopic (exact) mass is 242 g/mol. The molecule has 1 rings (SSSR count). The molecule has 1 saturated heterocycles. The van der Waals surface area contributed by atoms with Crippen LogP contribution in [-0.2, 0) is 9.53 Å². The van der Waals surface area contributed by atoms with Gasteiger partial charge in [-0.3, -0.25) is 10.1 Å². The molecule has 1 heterocycles. The lowest BCUT2D eigenvalue weighted by Gasteiger charge is -2.27. The fourth-order valence-electron chi connectivity index (χ4n) is 2.12. The predicted molar refractivity (Wildman–Crippen MR) is 68.7 cm³/mol. The molecule has 1 unspecified atom stereocenters. The molecule has 1 atom stereocenters. The number of nitrogens with one attached hydrogen (secondary N) is 1. The van der Waals surface area contributed by atoms with E-state index in [1.165, 1.54) is 0 Å². The van der Waals surface area contributed by atoms with Gasteiger partial charge in [0.1, 0.15) is 0 Å². The van der Waals surface area contributed by atoms with Crippen LogP contribution in [0, 0.1) is 5.92 Å². The van der Waals surface area contributed by atoms with Gasteiger partial charge in [0.25, 0.3) is 0 Å². The van der Waals surface area contributed by atoms with Crippen molar-refractivity contribution in [3.05, 3.63) is 0 Å². The minimum atomic E-state index is 0.216. The van der Waals surface area contributed by atoms with E-state index in [2.05, 4.69) is 19.2 Å². The van der Waals surface area contributed by atoms with Crippen molar-refractivity contribution in [3.63, 3.8) is 0 Å². The van der Waals surface area contributed by atoms with Gasteiger partial charge in [-0.05, 0) is 32.6 Å². The van der Waals surface area contributed by atoms with Crippen LogP contribution >= 0.6 is 0 Å². The number of ether oxygens (including phenoxy) is 1. The molecule has 0 aromatic rings. The highest BCUT2D eigenvalue weighted by molar-refractivity contribution is 5.80. The molecule has 0 aromatic carbocycles. The molecule has 0 bridgehead atoms. The molecule has 0 spiro atoms. The summed E-state index contributed by atoms with van der Waals surface area (Å²) in [6, 6.07) is 0. The summed E-state index contributed by atoms with van der Waals surface area (Å²) in [5.74, 6) is 0.696. The average Bonchev–Trinajstić information content (AvgIpc) is 2.59. The molecule has 0 radical (unpaired) electrons. The molecule has 17 heavy (non-hydrogen) atoms. The normalized spacial score (nSPS) is 20.9. The number of carbonyl (C=O) groups excluding carboxylic acids is 1. The van der Waals surface area contributed by atoms with Crippen molar-refractivity contribution in [3.8, 4) is 0 Å². The van der Waals surface area contributed by atoms with Crippen LogP contribution in [0.15, 0.2) is 0 Å². The Labute approximate surface area is 105 Å². The first-order valence-corrected chi connectivity index (χ1v) is 6.67. The van der Waals surface area contributed by atoms with Crippen LogP contribution in [0.2, 0.25) is 0 Å². The van der Waals surface area contributed by atoms with E-state index in [1.807, 2.05) is 18.7 Å². The lowest BCUT2D eigenvalue weighted by atomic mass is 10.1. The van der Waals surface area contributed by atoms with Crippen LogP contribution in [0.5, 0.6) is 0 Å². The maximum atomic E-state index is 11.7. The van der Waals surface area contributed by atoms with Gasteiger partial charge in [0.05, 0.1) is 18.8 Å². The molecule has 0 saturated carbocycles. The summed E-state index contributed by atoms with van der Waals surface area (Å²) >= 11 is 0. The predicted octanol–water partition coefficient (Wildman–Crippen LogP) is 1.61. The Morgan fingerprint density at radius 2 is 2.06 bits per heavy atom. The number of nitrogens with zero attached hydrogens (tertiary/aromatic N) is 1. The number of unbranched alkanes of at least 4 members (excludes halogenated alkanes) is 1. The van der Waals surface area contributed by atoms with Crippen molar-refractivity contribution >= 4 is 5.91 Å². The molecule has 1 amide bonds. The first kappa shape index (κ1) is 14.5. The van der Waals surface area contributed by atoms with E-state index in [9.17, 15) is 4.79 Å². The molecule has 1 N–H and O–H groups in total. The number of hydrogen-bond acceptors (Lipinski definition) is 3. The number of rotatable bonds is 7. The zero-order valence-corrected chi connectivity index (χ0v) is 11.5. The second-order valence-electron chi connectivity index (χ2n) is 5.28. The highest BCUT2D eigenvalue weighted by atomic mass is 16.5. The Morgan fingerprint density at radius 1 is 1.35 bits per heavy atom. The second kappa shape index (κ2) is 6.97. The highest BCUT2D eigenvalue weighted by Crippen LogP contribution is 2.14. The Hall–Kier alpha value is -0.610. The SMILES string of the molecule is CC(C)OCCCCN1C(=O)CNC1C(C)C. The summed E-state index contributed by atoms with van der Waals surface area (Å²) in [6.07, 6.45) is 2.55. The van der Waals surface area contributed by atoms with Crippen molar-refractivity contribution in [1.82, 2.24) is 10.2 Å². The van der Waals surface area contributed by atoms with Crippen molar-refractivity contribution in [2.24, 2.45) is 5.92 Å². The van der Waals surface area contributed by atoms with Crippen LogP contribution in [0.3, 0.4) is 0 Å². The fraction of sp³-hybridized carbons (Fsp3) is 0.923. The molecular formula is C13H26N2O2. The number of carbonyl (C=O) groups is 1. The summed E-state index contributed by atoms with van der Waals surface area (Å²) in [5.41, 5.74) is 0. The van der Waals surface area contributed by atoms with Crippen LogP contribution in [-0.4, -0.2) is 42.8 Å². The average molecular weight is 242 g/mol. The molecular weight excluding hydrogens is 216 g/mol. The minimum absolute atomic E-state index is 0.216. The van der Waals surface area contributed by atoms with Crippen molar-refractivity contribution in [2.45, 2.75) is 52.8 Å². The first-order chi connectivity index (χ1) is 8.02. The standard InChI is InChI=1S/C13H26N2O2/c1-10(2)13-14-9-12(16)15(13)7-5-6-8-17-11(3)4/h10-11,13-14H,5-9H2,1-4H3. The number of hydrogen-bond donors (Lipinski definition) is 1. The molecule has 4 nitrogen and oxygen atoms in total. The topological polar surface area (TPSA) is 41.6 Å². The summed E-state index contributed by atoms with van der Waals surface area (Å²) in [5, 5.41) is 3.26. The van der Waals surface area contributed by atoms with Gasteiger partial charge < -0.3 is 9.64 Å². The summed E-state index contributed by atoms with van der Waals surface area (Å²) in [4.78, 5) is 13.7. The molecule has 1 aliphatic rings. The Kier molecular flexibility index (Phi) is 5.92. The second-order valence-corrected chi connectivity index (χ2v) is 5.28. The van der Waals surface area contributed by atoms with E-state index < -0.39 is 0 Å². The van der Waals surface area contributed by atoms with Gasteiger partial charge in [-0.2, -0.15) is 0 Å². The van der Waals surface area contributed by atoms with Crippen molar-refractivity contribution in [1.29, 1.82) is 0 Å². The fourth-order valence-corrected chi connectivity index (χ4v) is 2.12. The third-order valence-corrected chi connectivity index (χ3v) is 2.99. The van der Waals surface area contributed by atoms with Gasteiger partial charge in [-0.1, -0.05) is 13.8 Å². The third-order valence-electron chi connectivity index (χ3n) is 2.99. The number of amides is 1. The van der Waals surface area contributed by atoms with Gasteiger partial charge in [-0.15, -0.1) is 0 Å². The quantitative estimate of drug-likeness (QED) is 0.690. The Morgan fingerprint density at radius 3 is 2.65 bits per heavy atom. The molecule has 0 aliphatic carbocycles. The maximum Gasteiger partial charge on any atom is 0.237 e. The molecule has 0 aromatic heterocycles. The van der Waals surface area contributed by atoms with Crippen LogP contribution in [0.1, 0.15) is 40.5 Å². The molecule has 1 fully saturated rings. The molecule has 1 aliphatic heterocycles. The summed E-state index contributed by atoms with van der Waals surface area (Å²) in [7, 11) is 0. The van der Waals surface area contributed by atoms with Gasteiger partial charge >= 0.3 is 0 Å². The third kappa shape index (κ3) is 4.64. The first-order valence-electron chi connectivity index (χ1n) is 6.67. The van der Waals surface area contributed by atoms with Gasteiger partial charge in [0.2, 0.25) is 5.91 Å². The lowest BCUT2D eigenvalue weighted by Crippen LogP contribution is -2.41. The highest BCUT2D eigenvalue weighted by Gasteiger charge is 2.31. The van der Waals surface area contributed by atoms with E-state index in [4.69, 9.17) is 4.74 Å². The van der Waals surface area contributed by atoms with Crippen molar-refractivity contribution < 1.29 is 9.53 Å². The van der Waals surface area contributed by atoms with Gasteiger partial charge in [-0.25, -0.2) is 0 Å². The van der Waals surface area contributed by atoms with Crippen LogP contribution < -0.4 is 5.32 Å². The maximum absolute atomic E-state index is 11.7. The van der Waals surface area contributed by atoms with Gasteiger partial charge in [0.15, 0.2) is 0 Å². The van der Waals surface area contributed by atoms with E-state index in [0.717, 1.165) is 26.0 Å². The van der Waals surface area contributed by atoms with Gasteiger partial charge in [0, 0.05) is 13.2 Å². The van der Waals surface area contributed by atoms with Crippen LogP contribution in [0.4, 0.5) is 0 Å². The van der Waals surface area contributed by atoms with Crippen LogP contribution in [0.25, 0.3) is 0 Å². The smallest absolute Gasteiger partial charge is 0.237 e.